The minimum atomic E-state index is -0.232. The summed E-state index contributed by atoms with van der Waals surface area (Å²) in [7, 11) is 0. The van der Waals surface area contributed by atoms with Gasteiger partial charge >= 0.3 is 0 Å². The van der Waals surface area contributed by atoms with Crippen molar-refractivity contribution in [3.05, 3.63) is 47.5 Å². The van der Waals surface area contributed by atoms with Gasteiger partial charge in [0.05, 0.1) is 0 Å². The minimum absolute atomic E-state index is 0.232. The van der Waals surface area contributed by atoms with Gasteiger partial charge < -0.3 is 4.74 Å². The average molecular weight is 208 g/mol. The van der Waals surface area contributed by atoms with Gasteiger partial charge in [-0.25, -0.2) is 4.39 Å². The zero-order chi connectivity index (χ0) is 11.1. The number of allylic oxidation sites excluding steroid dienone is 6. The lowest BCUT2D eigenvalue weighted by molar-refractivity contribution is 0.230. The van der Waals surface area contributed by atoms with Gasteiger partial charge in [-0.05, 0) is 18.9 Å². The predicted octanol–water partition coefficient (Wildman–Crippen LogP) is 4.06. The molecule has 1 rings (SSSR count). The zero-order valence-electron chi connectivity index (χ0n) is 9.29. The number of halogens is 1. The van der Waals surface area contributed by atoms with Gasteiger partial charge in [0.25, 0.3) is 0 Å². The van der Waals surface area contributed by atoms with Crippen LogP contribution in [0.5, 0.6) is 0 Å². The molecule has 0 fully saturated rings. The maximum absolute atomic E-state index is 13.6. The Morgan fingerprint density at radius 1 is 1.47 bits per heavy atom. The zero-order valence-corrected chi connectivity index (χ0v) is 9.29. The van der Waals surface area contributed by atoms with Crippen molar-refractivity contribution in [3.8, 4) is 0 Å². The van der Waals surface area contributed by atoms with E-state index in [2.05, 4.69) is 6.92 Å². The van der Waals surface area contributed by atoms with Crippen LogP contribution in [0.15, 0.2) is 47.5 Å². The number of rotatable bonds is 4. The van der Waals surface area contributed by atoms with E-state index in [0.29, 0.717) is 24.4 Å². The fraction of sp³-hybridized carbons (Fsp3) is 0.385. The summed E-state index contributed by atoms with van der Waals surface area (Å²) >= 11 is 0. The number of ether oxygens (including phenoxy) is 1. The van der Waals surface area contributed by atoms with Crippen LogP contribution in [0.4, 0.5) is 4.39 Å². The van der Waals surface area contributed by atoms with Gasteiger partial charge in [0.15, 0.2) is 5.83 Å². The van der Waals surface area contributed by atoms with Gasteiger partial charge in [-0.15, -0.1) is 0 Å². The normalized spacial score (nSPS) is 16.9. The average Bonchev–Trinajstić information content (AvgIpc) is 2.39. The second kappa shape index (κ2) is 6.23. The molecule has 0 saturated carbocycles. The SMILES string of the molecule is CC/C=C/COC1=C(F)C(C)=CC=CC1. The van der Waals surface area contributed by atoms with Gasteiger partial charge in [-0.1, -0.05) is 37.3 Å². The quantitative estimate of drug-likeness (QED) is 0.633. The van der Waals surface area contributed by atoms with Crippen LogP contribution in [0.1, 0.15) is 26.7 Å². The Morgan fingerprint density at radius 2 is 2.27 bits per heavy atom. The molecule has 0 radical (unpaired) electrons. The minimum Gasteiger partial charge on any atom is -0.490 e. The van der Waals surface area contributed by atoms with E-state index in [1.807, 2.05) is 24.3 Å². The second-order valence-electron chi connectivity index (χ2n) is 3.41. The molecule has 0 aromatic rings. The van der Waals surface area contributed by atoms with Crippen molar-refractivity contribution in [2.75, 3.05) is 6.61 Å². The molecule has 0 atom stereocenters. The Balaban J connectivity index is 2.59. The maximum Gasteiger partial charge on any atom is 0.164 e. The standard InChI is InChI=1S/C13H17FO/c1-3-4-7-10-15-12-9-6-5-8-11(2)13(12)14/h4-8H,3,9-10H2,1-2H3/b7-4+. The van der Waals surface area contributed by atoms with E-state index in [4.69, 9.17) is 4.74 Å². The summed E-state index contributed by atoms with van der Waals surface area (Å²) in [5.74, 6) is 0.197. The van der Waals surface area contributed by atoms with Crippen molar-refractivity contribution in [2.45, 2.75) is 26.7 Å². The van der Waals surface area contributed by atoms with Crippen LogP contribution >= 0.6 is 0 Å². The van der Waals surface area contributed by atoms with Gasteiger partial charge in [-0.2, -0.15) is 0 Å². The Kier molecular flexibility index (Phi) is 4.88. The smallest absolute Gasteiger partial charge is 0.164 e. The van der Waals surface area contributed by atoms with E-state index in [1.165, 1.54) is 0 Å². The molecule has 0 aliphatic heterocycles. The van der Waals surface area contributed by atoms with Gasteiger partial charge in [0.1, 0.15) is 12.4 Å². The van der Waals surface area contributed by atoms with Crippen LogP contribution in [0.2, 0.25) is 0 Å². The van der Waals surface area contributed by atoms with Crippen molar-refractivity contribution >= 4 is 0 Å². The molecular weight excluding hydrogens is 191 g/mol. The van der Waals surface area contributed by atoms with E-state index >= 15 is 0 Å². The third-order valence-electron chi connectivity index (χ3n) is 2.13. The summed E-state index contributed by atoms with van der Waals surface area (Å²) in [5, 5.41) is 0. The third-order valence-corrected chi connectivity index (χ3v) is 2.13. The first-order valence-corrected chi connectivity index (χ1v) is 5.26. The summed E-state index contributed by atoms with van der Waals surface area (Å²) < 4.78 is 19.0. The monoisotopic (exact) mass is 208 g/mol. The van der Waals surface area contributed by atoms with Crippen molar-refractivity contribution in [2.24, 2.45) is 0 Å². The first kappa shape index (κ1) is 11.8. The molecule has 82 valence electrons. The molecule has 0 aromatic carbocycles. The second-order valence-corrected chi connectivity index (χ2v) is 3.41. The molecule has 1 aliphatic carbocycles. The number of hydrogen-bond donors (Lipinski definition) is 0. The Labute approximate surface area is 90.6 Å². The summed E-state index contributed by atoms with van der Waals surface area (Å²) in [6, 6.07) is 0. The highest BCUT2D eigenvalue weighted by Gasteiger charge is 2.09. The van der Waals surface area contributed by atoms with Crippen LogP contribution < -0.4 is 0 Å². The maximum atomic E-state index is 13.6. The van der Waals surface area contributed by atoms with E-state index < -0.39 is 0 Å². The molecule has 1 nitrogen and oxygen atoms in total. The summed E-state index contributed by atoms with van der Waals surface area (Å²) in [5.41, 5.74) is 0.623. The van der Waals surface area contributed by atoms with Crippen LogP contribution in [0.3, 0.4) is 0 Å². The largest absolute Gasteiger partial charge is 0.490 e. The summed E-state index contributed by atoms with van der Waals surface area (Å²) in [4.78, 5) is 0. The first-order chi connectivity index (χ1) is 7.25. The molecule has 0 unspecified atom stereocenters. The lowest BCUT2D eigenvalue weighted by Gasteiger charge is -2.07. The van der Waals surface area contributed by atoms with Crippen molar-refractivity contribution in [3.63, 3.8) is 0 Å². The molecule has 0 spiro atoms. The van der Waals surface area contributed by atoms with E-state index in [0.717, 1.165) is 6.42 Å². The van der Waals surface area contributed by atoms with Crippen molar-refractivity contribution in [1.82, 2.24) is 0 Å². The molecular formula is C13H17FO. The highest BCUT2D eigenvalue weighted by molar-refractivity contribution is 5.33. The predicted molar refractivity (Wildman–Crippen MR) is 61.0 cm³/mol. The topological polar surface area (TPSA) is 9.23 Å². The van der Waals surface area contributed by atoms with E-state index in [9.17, 15) is 4.39 Å². The Bertz CT molecular complexity index is 321. The molecule has 0 bridgehead atoms. The molecule has 0 aromatic heterocycles. The van der Waals surface area contributed by atoms with Crippen molar-refractivity contribution in [1.29, 1.82) is 0 Å². The highest BCUT2D eigenvalue weighted by atomic mass is 19.1. The molecule has 0 saturated heterocycles. The van der Waals surface area contributed by atoms with Crippen LogP contribution in [-0.4, -0.2) is 6.61 Å². The number of hydrogen-bond acceptors (Lipinski definition) is 1. The fourth-order valence-corrected chi connectivity index (χ4v) is 1.28. The lowest BCUT2D eigenvalue weighted by atomic mass is 10.2. The third kappa shape index (κ3) is 3.74. The molecule has 0 amide bonds. The van der Waals surface area contributed by atoms with E-state index in [1.54, 1.807) is 13.0 Å². The van der Waals surface area contributed by atoms with Gasteiger partial charge in [0.2, 0.25) is 0 Å². The van der Waals surface area contributed by atoms with Crippen molar-refractivity contribution < 1.29 is 9.13 Å². The van der Waals surface area contributed by atoms with E-state index in [-0.39, 0.29) is 5.83 Å². The molecule has 0 heterocycles. The van der Waals surface area contributed by atoms with Gasteiger partial charge in [0, 0.05) is 6.42 Å². The van der Waals surface area contributed by atoms with Crippen LogP contribution in [0, 0.1) is 0 Å². The van der Waals surface area contributed by atoms with Crippen LogP contribution in [0.25, 0.3) is 0 Å². The Hall–Kier alpha value is -1.31. The fourth-order valence-electron chi connectivity index (χ4n) is 1.28. The highest BCUT2D eigenvalue weighted by Crippen LogP contribution is 2.22. The van der Waals surface area contributed by atoms with Crippen LogP contribution in [-0.2, 0) is 4.74 Å². The first-order valence-electron chi connectivity index (χ1n) is 5.26. The molecule has 15 heavy (non-hydrogen) atoms. The molecule has 1 aliphatic rings. The molecule has 2 heteroatoms. The summed E-state index contributed by atoms with van der Waals surface area (Å²) in [6.07, 6.45) is 10.9. The lowest BCUT2D eigenvalue weighted by Crippen LogP contribution is -1.95. The Morgan fingerprint density at radius 3 is 3.00 bits per heavy atom. The van der Waals surface area contributed by atoms with Gasteiger partial charge in [-0.3, -0.25) is 0 Å². The summed E-state index contributed by atoms with van der Waals surface area (Å²) in [6.45, 7) is 4.24. The molecule has 0 N–H and O–H groups in total.